The van der Waals surface area contributed by atoms with E-state index in [0.717, 1.165) is 49.5 Å². The lowest BCUT2D eigenvalue weighted by Crippen LogP contribution is -2.41. The number of amides is 1. The van der Waals surface area contributed by atoms with Crippen molar-refractivity contribution in [3.05, 3.63) is 52.8 Å². The van der Waals surface area contributed by atoms with Crippen LogP contribution in [-0.4, -0.2) is 40.2 Å². The van der Waals surface area contributed by atoms with Crippen LogP contribution in [0.2, 0.25) is 5.02 Å². The molecule has 3 atom stereocenters. The van der Waals surface area contributed by atoms with Crippen LogP contribution < -0.4 is 5.32 Å². The van der Waals surface area contributed by atoms with Gasteiger partial charge in [-0.05, 0) is 36.1 Å². The molecule has 1 amide bonds. The Morgan fingerprint density at radius 2 is 1.96 bits per heavy atom. The van der Waals surface area contributed by atoms with E-state index in [1.54, 1.807) is 0 Å². The number of nitrogens with one attached hydrogen (secondary N) is 1. The molecular weight excluding hydrogens is 360 g/mol. The summed E-state index contributed by atoms with van der Waals surface area (Å²) in [5, 5.41) is 8.47. The fourth-order valence-electron chi connectivity index (χ4n) is 4.54. The summed E-state index contributed by atoms with van der Waals surface area (Å²) >= 11 is 6.08. The molecule has 0 saturated carbocycles. The second-order valence-corrected chi connectivity index (χ2v) is 8.20. The van der Waals surface area contributed by atoms with E-state index in [9.17, 15) is 4.79 Å². The number of benzene rings is 1. The van der Waals surface area contributed by atoms with Gasteiger partial charge < -0.3 is 10.2 Å². The van der Waals surface area contributed by atoms with Crippen LogP contribution >= 0.6 is 11.6 Å². The minimum absolute atomic E-state index is 0.0258. The van der Waals surface area contributed by atoms with Crippen LogP contribution in [-0.2, 0) is 11.8 Å². The first-order valence-corrected chi connectivity index (χ1v) is 10.3. The highest BCUT2D eigenvalue weighted by atomic mass is 35.5. The standard InChI is InChI=1S/C21H27ClN4O/c1-25-14-16(11-24-25)18-12-23-13-19(18)21(27)26-10-4-2-3-5-20(26)15-6-8-17(22)9-7-15/h6-9,11,14,18-20,23H,2-5,10,12-13H2,1H3/t18-,19+,20?/m1/s1. The highest BCUT2D eigenvalue weighted by Gasteiger charge is 2.39. The topological polar surface area (TPSA) is 50.2 Å². The highest BCUT2D eigenvalue weighted by Crippen LogP contribution is 2.36. The van der Waals surface area contributed by atoms with E-state index >= 15 is 0 Å². The maximum atomic E-state index is 13.6. The lowest BCUT2D eigenvalue weighted by atomic mass is 9.88. The summed E-state index contributed by atoms with van der Waals surface area (Å²) in [7, 11) is 1.92. The third kappa shape index (κ3) is 3.90. The van der Waals surface area contributed by atoms with Crippen LogP contribution in [0.5, 0.6) is 0 Å². The SMILES string of the molecule is Cn1cc([C@H]2CNC[C@@H]2C(=O)N2CCCCCC2c2ccc(Cl)cc2)cn1. The molecule has 0 radical (unpaired) electrons. The third-order valence-corrected chi connectivity index (χ3v) is 6.23. The summed E-state index contributed by atoms with van der Waals surface area (Å²) in [5.41, 5.74) is 2.34. The Labute approximate surface area is 165 Å². The Bertz CT molecular complexity index is 788. The van der Waals surface area contributed by atoms with Crippen molar-refractivity contribution in [1.29, 1.82) is 0 Å². The van der Waals surface area contributed by atoms with Crippen LogP contribution in [0.4, 0.5) is 0 Å². The maximum Gasteiger partial charge on any atom is 0.228 e. The zero-order chi connectivity index (χ0) is 18.8. The maximum absolute atomic E-state index is 13.6. The molecule has 2 aliphatic heterocycles. The van der Waals surface area contributed by atoms with Gasteiger partial charge in [0.25, 0.3) is 0 Å². The van der Waals surface area contributed by atoms with Crippen molar-refractivity contribution in [2.45, 2.75) is 37.6 Å². The van der Waals surface area contributed by atoms with Crippen LogP contribution in [0.25, 0.3) is 0 Å². The number of aryl methyl sites for hydroxylation is 1. The number of rotatable bonds is 3. The molecule has 5 nitrogen and oxygen atoms in total. The van der Waals surface area contributed by atoms with Gasteiger partial charge in [0.15, 0.2) is 0 Å². The number of aromatic nitrogens is 2. The van der Waals surface area contributed by atoms with E-state index in [1.165, 1.54) is 12.0 Å². The molecular formula is C21H27ClN4O. The molecule has 2 aromatic rings. The smallest absolute Gasteiger partial charge is 0.228 e. The van der Waals surface area contributed by atoms with Crippen molar-refractivity contribution < 1.29 is 4.79 Å². The van der Waals surface area contributed by atoms with Gasteiger partial charge in [0.1, 0.15) is 0 Å². The van der Waals surface area contributed by atoms with Crippen molar-refractivity contribution in [3.63, 3.8) is 0 Å². The molecule has 1 unspecified atom stereocenters. The van der Waals surface area contributed by atoms with Crippen LogP contribution in [0, 0.1) is 5.92 Å². The molecule has 0 bridgehead atoms. The number of halogens is 1. The normalized spacial score (nSPS) is 26.1. The van der Waals surface area contributed by atoms with Gasteiger partial charge in [-0.25, -0.2) is 0 Å². The number of carbonyl (C=O) groups is 1. The molecule has 2 saturated heterocycles. The summed E-state index contributed by atoms with van der Waals surface area (Å²) < 4.78 is 1.82. The predicted octanol–water partition coefficient (Wildman–Crippen LogP) is 3.52. The Morgan fingerprint density at radius 3 is 2.70 bits per heavy atom. The number of nitrogens with zero attached hydrogens (tertiary/aromatic N) is 3. The first-order valence-electron chi connectivity index (χ1n) is 9.88. The molecule has 1 N–H and O–H groups in total. The number of likely N-dealkylation sites (tertiary alicyclic amines) is 1. The van der Waals surface area contributed by atoms with Gasteiger partial charge in [0.2, 0.25) is 5.91 Å². The molecule has 2 aliphatic rings. The molecule has 2 fully saturated rings. The number of hydrogen-bond donors (Lipinski definition) is 1. The molecule has 3 heterocycles. The summed E-state index contributed by atoms with van der Waals surface area (Å²) in [6.07, 6.45) is 8.38. The minimum Gasteiger partial charge on any atom is -0.335 e. The van der Waals surface area contributed by atoms with E-state index in [2.05, 4.69) is 27.4 Å². The minimum atomic E-state index is -0.0258. The Hall–Kier alpha value is -1.85. The molecule has 0 aliphatic carbocycles. The van der Waals surface area contributed by atoms with E-state index in [0.29, 0.717) is 0 Å². The molecule has 4 rings (SSSR count). The second-order valence-electron chi connectivity index (χ2n) is 7.77. The Morgan fingerprint density at radius 1 is 1.15 bits per heavy atom. The van der Waals surface area contributed by atoms with Crippen LogP contribution in [0.3, 0.4) is 0 Å². The van der Waals surface area contributed by atoms with E-state index < -0.39 is 0 Å². The lowest BCUT2D eigenvalue weighted by Gasteiger charge is -2.34. The average Bonchev–Trinajstić information content (AvgIpc) is 3.24. The number of carbonyl (C=O) groups excluding carboxylic acids is 1. The van der Waals surface area contributed by atoms with Gasteiger partial charge >= 0.3 is 0 Å². The molecule has 6 heteroatoms. The fourth-order valence-corrected chi connectivity index (χ4v) is 4.66. The van der Waals surface area contributed by atoms with Crippen molar-refractivity contribution >= 4 is 17.5 Å². The predicted molar refractivity (Wildman–Crippen MR) is 107 cm³/mol. The van der Waals surface area contributed by atoms with Crippen molar-refractivity contribution in [3.8, 4) is 0 Å². The lowest BCUT2D eigenvalue weighted by molar-refractivity contribution is -0.137. The zero-order valence-corrected chi connectivity index (χ0v) is 16.5. The highest BCUT2D eigenvalue weighted by molar-refractivity contribution is 6.30. The summed E-state index contributed by atoms with van der Waals surface area (Å²) in [6, 6.07) is 8.15. The van der Waals surface area contributed by atoms with Crippen molar-refractivity contribution in [1.82, 2.24) is 20.0 Å². The van der Waals surface area contributed by atoms with E-state index in [1.807, 2.05) is 36.3 Å². The molecule has 27 heavy (non-hydrogen) atoms. The van der Waals surface area contributed by atoms with Gasteiger partial charge in [-0.15, -0.1) is 0 Å². The number of hydrogen-bond acceptors (Lipinski definition) is 3. The summed E-state index contributed by atoms with van der Waals surface area (Å²) in [5.74, 6) is 0.443. The van der Waals surface area contributed by atoms with Gasteiger partial charge in [-0.3, -0.25) is 9.48 Å². The Kier molecular flexibility index (Phi) is 5.50. The monoisotopic (exact) mass is 386 g/mol. The summed E-state index contributed by atoms with van der Waals surface area (Å²) in [6.45, 7) is 2.41. The van der Waals surface area contributed by atoms with Gasteiger partial charge in [-0.1, -0.05) is 36.6 Å². The summed E-state index contributed by atoms with van der Waals surface area (Å²) in [4.78, 5) is 15.8. The van der Waals surface area contributed by atoms with Crippen molar-refractivity contribution in [2.24, 2.45) is 13.0 Å². The fraction of sp³-hybridized carbons (Fsp3) is 0.524. The first-order chi connectivity index (χ1) is 13.1. The van der Waals surface area contributed by atoms with E-state index in [4.69, 9.17) is 11.6 Å². The van der Waals surface area contributed by atoms with Crippen LogP contribution in [0.1, 0.15) is 48.8 Å². The van der Waals surface area contributed by atoms with Crippen molar-refractivity contribution in [2.75, 3.05) is 19.6 Å². The van der Waals surface area contributed by atoms with Gasteiger partial charge in [0, 0.05) is 43.8 Å². The second kappa shape index (κ2) is 8.03. The van der Waals surface area contributed by atoms with E-state index in [-0.39, 0.29) is 23.8 Å². The Balaban J connectivity index is 1.59. The zero-order valence-electron chi connectivity index (χ0n) is 15.8. The molecule has 1 aromatic heterocycles. The quantitative estimate of drug-likeness (QED) is 0.878. The molecule has 0 spiro atoms. The average molecular weight is 387 g/mol. The van der Waals surface area contributed by atoms with Gasteiger partial charge in [0.05, 0.1) is 18.2 Å². The molecule has 1 aromatic carbocycles. The molecule has 144 valence electrons. The largest absolute Gasteiger partial charge is 0.335 e. The van der Waals surface area contributed by atoms with Crippen LogP contribution in [0.15, 0.2) is 36.7 Å². The first kappa shape index (κ1) is 18.5. The third-order valence-electron chi connectivity index (χ3n) is 5.98. The van der Waals surface area contributed by atoms with Gasteiger partial charge in [-0.2, -0.15) is 5.10 Å².